The van der Waals surface area contributed by atoms with E-state index < -0.39 is 0 Å². The Morgan fingerprint density at radius 1 is 1.00 bits per heavy atom. The van der Waals surface area contributed by atoms with Crippen LogP contribution in [0.5, 0.6) is 0 Å². The summed E-state index contributed by atoms with van der Waals surface area (Å²) in [6.07, 6.45) is 3.54. The normalized spacial score (nSPS) is 4.67. The Labute approximate surface area is 56.3 Å². The van der Waals surface area contributed by atoms with Gasteiger partial charge in [-0.1, -0.05) is 0 Å². The van der Waals surface area contributed by atoms with Gasteiger partial charge >= 0.3 is 56.4 Å². The second-order valence-electron chi connectivity index (χ2n) is 0.537. The van der Waals surface area contributed by atoms with Gasteiger partial charge in [-0.3, -0.25) is 0 Å². The zero-order valence-corrected chi connectivity index (χ0v) is 6.34. The molecule has 0 aliphatic rings. The van der Waals surface area contributed by atoms with Crippen LogP contribution >= 0.6 is 0 Å². The van der Waals surface area contributed by atoms with E-state index in [4.69, 9.17) is 0 Å². The van der Waals surface area contributed by atoms with E-state index >= 15 is 0 Å². The Bertz CT molecular complexity index is 97.5. The Morgan fingerprint density at radius 3 is 1.50 bits per heavy atom. The van der Waals surface area contributed by atoms with Crippen LogP contribution in [0, 0.1) is 0 Å². The Hall–Kier alpha value is 0.547. The van der Waals surface area contributed by atoms with E-state index in [-0.39, 0.29) is 0 Å². The molecule has 0 radical (unpaired) electrons. The van der Waals surface area contributed by atoms with Crippen LogP contribution in [0.3, 0.4) is 0 Å². The summed E-state index contributed by atoms with van der Waals surface area (Å²) in [5, 5.41) is 0. The van der Waals surface area contributed by atoms with Crippen molar-refractivity contribution in [3.05, 3.63) is 12.2 Å². The topological polar surface area (TPSA) is 0 Å². The van der Waals surface area contributed by atoms with Gasteiger partial charge in [0.2, 0.25) is 0 Å². The van der Waals surface area contributed by atoms with Crippen molar-refractivity contribution in [2.45, 2.75) is 0 Å². The van der Waals surface area contributed by atoms with Crippen molar-refractivity contribution < 1.29 is 35.7 Å². The summed E-state index contributed by atoms with van der Waals surface area (Å²) >= 11 is 4.53. The molecule has 0 amide bonds. The molecule has 0 spiro atoms. The summed E-state index contributed by atoms with van der Waals surface area (Å²) in [4.78, 5) is 0. The zero-order chi connectivity index (χ0) is 4.83. The van der Waals surface area contributed by atoms with E-state index in [2.05, 4.69) is 44.2 Å². The average Bonchev–Trinajstić information content (AvgIpc) is 1.61. The van der Waals surface area contributed by atoms with Crippen molar-refractivity contribution >= 4 is 8.53 Å². The molecule has 0 aliphatic heterocycles. The molecule has 0 aliphatic carbocycles. The van der Waals surface area contributed by atoms with E-state index in [9.17, 15) is 0 Å². The van der Waals surface area contributed by atoms with Gasteiger partial charge in [0.05, 0.1) is 0 Å². The molecular formula is C4H2Ru2+2. The predicted octanol–water partition coefficient (Wildman–Crippen LogP) is -0.00540. The van der Waals surface area contributed by atoms with Crippen LogP contribution in [0.2, 0.25) is 0 Å². The molecule has 32 valence electrons. The number of allylic oxidation sites excluding steroid dienone is 2. The van der Waals surface area contributed by atoms with Crippen LogP contribution in [-0.4, -0.2) is 8.53 Å². The van der Waals surface area contributed by atoms with Crippen LogP contribution < -0.4 is 0 Å². The summed E-state index contributed by atoms with van der Waals surface area (Å²) in [7, 11) is 0. The first-order valence-electron chi connectivity index (χ1n) is 1.26. The summed E-state index contributed by atoms with van der Waals surface area (Å²) in [5.41, 5.74) is 0. The first-order valence-corrected chi connectivity index (χ1v) is 3.00. The monoisotopic (exact) mass is 254 g/mol. The van der Waals surface area contributed by atoms with E-state index in [0.29, 0.717) is 0 Å². The molecule has 0 aromatic heterocycles. The number of hydrogen-bond donors (Lipinski definition) is 0. The van der Waals surface area contributed by atoms with Gasteiger partial charge in [-0.05, 0) is 0 Å². The molecule has 0 heterocycles. The fourth-order valence-electron chi connectivity index (χ4n) is 0.0589. The first kappa shape index (κ1) is 6.55. The minimum atomic E-state index is 1.77. The third-order valence-electron chi connectivity index (χ3n) is 0.201. The van der Waals surface area contributed by atoms with Crippen molar-refractivity contribution in [3.8, 4) is 0 Å². The van der Waals surface area contributed by atoms with Gasteiger partial charge in [0, 0.05) is 0 Å². The molecular weight excluding hydrogens is 250 g/mol. The van der Waals surface area contributed by atoms with Gasteiger partial charge in [0.25, 0.3) is 0 Å². The molecule has 0 saturated carbocycles. The second kappa shape index (κ2) is 5.55. The molecule has 0 rings (SSSR count). The molecule has 0 fully saturated rings. The van der Waals surface area contributed by atoms with Gasteiger partial charge in [-0.2, -0.15) is 0 Å². The molecule has 2 heteroatoms. The fourth-order valence-corrected chi connectivity index (χ4v) is 0.349. The SMILES string of the molecule is [Ru+]=[C]=CC=[C]=[Ru+]. The summed E-state index contributed by atoms with van der Waals surface area (Å²) in [6.45, 7) is 0. The molecule has 0 N–H and O–H groups in total. The second-order valence-corrected chi connectivity index (χ2v) is 1.54. The summed E-state index contributed by atoms with van der Waals surface area (Å²) < 4.78 is 5.49. The van der Waals surface area contributed by atoms with Gasteiger partial charge < -0.3 is 0 Å². The van der Waals surface area contributed by atoms with Crippen molar-refractivity contribution in [1.29, 1.82) is 0 Å². The first-order chi connectivity index (χ1) is 2.91. The molecule has 0 nitrogen and oxygen atoms in total. The zero-order valence-electron chi connectivity index (χ0n) is 2.86. The summed E-state index contributed by atoms with van der Waals surface area (Å²) in [6, 6.07) is 0. The van der Waals surface area contributed by atoms with Crippen LogP contribution in [0.1, 0.15) is 0 Å². The third-order valence-corrected chi connectivity index (χ3v) is 0.781. The Kier molecular flexibility index (Phi) is 6.05. The maximum atomic E-state index is 2.74. The van der Waals surface area contributed by atoms with Crippen LogP contribution in [0.4, 0.5) is 0 Å². The molecule has 0 atom stereocenters. The molecule has 0 aromatic rings. The van der Waals surface area contributed by atoms with E-state index in [1.807, 2.05) is 0 Å². The van der Waals surface area contributed by atoms with Gasteiger partial charge in [0.15, 0.2) is 0 Å². The number of hydrogen-bond acceptors (Lipinski definition) is 0. The van der Waals surface area contributed by atoms with Gasteiger partial charge in [-0.25, -0.2) is 0 Å². The van der Waals surface area contributed by atoms with E-state index in [1.54, 1.807) is 12.2 Å². The molecule has 6 heavy (non-hydrogen) atoms. The Morgan fingerprint density at radius 2 is 1.33 bits per heavy atom. The van der Waals surface area contributed by atoms with Gasteiger partial charge in [-0.15, -0.1) is 0 Å². The van der Waals surface area contributed by atoms with Crippen molar-refractivity contribution in [1.82, 2.24) is 0 Å². The summed E-state index contributed by atoms with van der Waals surface area (Å²) in [5.74, 6) is 0. The predicted molar refractivity (Wildman–Crippen MR) is 19.2 cm³/mol. The van der Waals surface area contributed by atoms with Gasteiger partial charge in [0.1, 0.15) is 0 Å². The van der Waals surface area contributed by atoms with E-state index in [0.717, 1.165) is 0 Å². The Balaban J connectivity index is 3.64. The van der Waals surface area contributed by atoms with E-state index in [1.165, 1.54) is 0 Å². The van der Waals surface area contributed by atoms with Crippen LogP contribution in [0.15, 0.2) is 12.2 Å². The third kappa shape index (κ3) is 4.55. The van der Waals surface area contributed by atoms with Crippen LogP contribution in [-0.2, 0) is 35.7 Å². The minimum absolute atomic E-state index is 1.77. The van der Waals surface area contributed by atoms with Crippen molar-refractivity contribution in [3.63, 3.8) is 0 Å². The quantitative estimate of drug-likeness (QED) is 0.455. The fraction of sp³-hybridized carbons (Fsp3) is 0. The molecule has 0 saturated heterocycles. The average molecular weight is 252 g/mol. The molecule has 0 unspecified atom stereocenters. The van der Waals surface area contributed by atoms with Crippen molar-refractivity contribution in [2.75, 3.05) is 0 Å². The molecule has 0 aromatic carbocycles. The molecule has 0 bridgehead atoms. The standard InChI is InChI=1S/C4H2.2Ru/c1-3-4-2;;/h3-4H;;/q;2*+1. The van der Waals surface area contributed by atoms with Crippen molar-refractivity contribution in [2.24, 2.45) is 0 Å². The number of rotatable bonds is 1. The maximum absolute atomic E-state index is 2.74. The van der Waals surface area contributed by atoms with Crippen LogP contribution in [0.25, 0.3) is 0 Å².